The summed E-state index contributed by atoms with van der Waals surface area (Å²) in [5.41, 5.74) is 1.25. The highest BCUT2D eigenvalue weighted by Gasteiger charge is 2.21. The maximum absolute atomic E-state index is 9.17. The first-order valence-electron chi connectivity index (χ1n) is 7.19. The van der Waals surface area contributed by atoms with E-state index in [1.54, 1.807) is 18.6 Å². The van der Waals surface area contributed by atoms with Crippen molar-refractivity contribution in [2.24, 2.45) is 5.92 Å². The number of likely N-dealkylation sites (tertiary alicyclic amines) is 1. The number of hydrogen-bond donors (Lipinski definition) is 1. The SMILES string of the molecule is OCC1CCN(Cc2ccc(Oc3cnccn3)cc2)C1. The highest BCUT2D eigenvalue weighted by atomic mass is 16.5. The van der Waals surface area contributed by atoms with Gasteiger partial charge < -0.3 is 9.84 Å². The van der Waals surface area contributed by atoms with E-state index in [4.69, 9.17) is 4.74 Å². The number of aromatic nitrogens is 2. The number of ether oxygens (including phenoxy) is 1. The van der Waals surface area contributed by atoms with Crippen LogP contribution in [0.25, 0.3) is 0 Å². The van der Waals surface area contributed by atoms with Gasteiger partial charge in [0.2, 0.25) is 5.88 Å². The molecule has 0 radical (unpaired) electrons. The molecular weight excluding hydrogens is 266 g/mol. The lowest BCUT2D eigenvalue weighted by Gasteiger charge is -2.15. The van der Waals surface area contributed by atoms with Crippen LogP contribution in [-0.4, -0.2) is 39.7 Å². The summed E-state index contributed by atoms with van der Waals surface area (Å²) in [6.45, 7) is 3.25. The Balaban J connectivity index is 1.57. The summed E-state index contributed by atoms with van der Waals surface area (Å²) in [6, 6.07) is 8.03. The number of rotatable bonds is 5. The molecule has 5 heteroatoms. The van der Waals surface area contributed by atoms with E-state index in [-0.39, 0.29) is 0 Å². The fourth-order valence-electron chi connectivity index (χ4n) is 2.59. The number of aliphatic hydroxyl groups is 1. The van der Waals surface area contributed by atoms with Gasteiger partial charge in [-0.2, -0.15) is 0 Å². The van der Waals surface area contributed by atoms with Crippen LogP contribution in [0.5, 0.6) is 11.6 Å². The van der Waals surface area contributed by atoms with Crippen molar-refractivity contribution in [3.63, 3.8) is 0 Å². The Morgan fingerprint density at radius 1 is 1.24 bits per heavy atom. The molecule has 1 aromatic carbocycles. The highest BCUT2D eigenvalue weighted by molar-refractivity contribution is 5.29. The van der Waals surface area contributed by atoms with Gasteiger partial charge in [-0.1, -0.05) is 12.1 Å². The van der Waals surface area contributed by atoms with Crippen molar-refractivity contribution in [2.75, 3.05) is 19.7 Å². The van der Waals surface area contributed by atoms with Crippen molar-refractivity contribution in [3.05, 3.63) is 48.4 Å². The average Bonchev–Trinajstić information content (AvgIpc) is 2.98. The Morgan fingerprint density at radius 3 is 2.76 bits per heavy atom. The smallest absolute Gasteiger partial charge is 0.237 e. The molecule has 3 rings (SSSR count). The number of hydrogen-bond acceptors (Lipinski definition) is 5. The summed E-state index contributed by atoms with van der Waals surface area (Å²) in [4.78, 5) is 10.4. The molecular formula is C16H19N3O2. The molecule has 5 nitrogen and oxygen atoms in total. The molecule has 1 aliphatic rings. The van der Waals surface area contributed by atoms with Gasteiger partial charge in [0.1, 0.15) is 5.75 Å². The average molecular weight is 285 g/mol. The van der Waals surface area contributed by atoms with Crippen molar-refractivity contribution in [1.82, 2.24) is 14.9 Å². The predicted molar refractivity (Wildman–Crippen MR) is 79.0 cm³/mol. The number of nitrogens with zero attached hydrogens (tertiary/aromatic N) is 3. The van der Waals surface area contributed by atoms with E-state index >= 15 is 0 Å². The fourth-order valence-corrected chi connectivity index (χ4v) is 2.59. The molecule has 1 aliphatic heterocycles. The topological polar surface area (TPSA) is 58.5 Å². The Kier molecular flexibility index (Phi) is 4.43. The van der Waals surface area contributed by atoms with Crippen LogP contribution in [0.4, 0.5) is 0 Å². The summed E-state index contributed by atoms with van der Waals surface area (Å²) in [7, 11) is 0. The van der Waals surface area contributed by atoms with Crippen LogP contribution < -0.4 is 4.74 Å². The van der Waals surface area contributed by atoms with E-state index in [1.807, 2.05) is 12.1 Å². The Labute approximate surface area is 124 Å². The zero-order valence-corrected chi connectivity index (χ0v) is 11.9. The molecule has 0 bridgehead atoms. The summed E-state index contributed by atoms with van der Waals surface area (Å²) >= 11 is 0. The molecule has 0 spiro atoms. The normalized spacial score (nSPS) is 18.8. The van der Waals surface area contributed by atoms with Crippen molar-refractivity contribution in [1.29, 1.82) is 0 Å². The van der Waals surface area contributed by atoms with E-state index in [0.29, 0.717) is 18.4 Å². The van der Waals surface area contributed by atoms with Crippen LogP contribution in [0.3, 0.4) is 0 Å². The van der Waals surface area contributed by atoms with Crippen LogP contribution in [0.15, 0.2) is 42.9 Å². The molecule has 1 atom stereocenters. The van der Waals surface area contributed by atoms with E-state index < -0.39 is 0 Å². The minimum absolute atomic E-state index is 0.293. The molecule has 2 heterocycles. The zero-order valence-electron chi connectivity index (χ0n) is 11.9. The third-order valence-corrected chi connectivity index (χ3v) is 3.72. The fraction of sp³-hybridized carbons (Fsp3) is 0.375. The second-order valence-electron chi connectivity index (χ2n) is 5.36. The van der Waals surface area contributed by atoms with Gasteiger partial charge >= 0.3 is 0 Å². The van der Waals surface area contributed by atoms with Crippen LogP contribution in [0.1, 0.15) is 12.0 Å². The zero-order chi connectivity index (χ0) is 14.5. The third-order valence-electron chi connectivity index (χ3n) is 3.72. The minimum atomic E-state index is 0.293. The molecule has 110 valence electrons. The van der Waals surface area contributed by atoms with Gasteiger partial charge in [-0.15, -0.1) is 0 Å². The Morgan fingerprint density at radius 2 is 2.10 bits per heavy atom. The summed E-state index contributed by atoms with van der Waals surface area (Å²) in [5.74, 6) is 1.69. The molecule has 1 fully saturated rings. The van der Waals surface area contributed by atoms with E-state index in [2.05, 4.69) is 27.0 Å². The van der Waals surface area contributed by atoms with Gasteiger partial charge in [-0.05, 0) is 36.6 Å². The maximum Gasteiger partial charge on any atom is 0.237 e. The number of benzene rings is 1. The van der Waals surface area contributed by atoms with Gasteiger partial charge in [0.25, 0.3) is 0 Å². The largest absolute Gasteiger partial charge is 0.438 e. The monoisotopic (exact) mass is 285 g/mol. The van der Waals surface area contributed by atoms with Crippen LogP contribution in [0.2, 0.25) is 0 Å². The minimum Gasteiger partial charge on any atom is -0.438 e. The molecule has 0 aliphatic carbocycles. The lowest BCUT2D eigenvalue weighted by Crippen LogP contribution is -2.20. The van der Waals surface area contributed by atoms with Gasteiger partial charge in [0, 0.05) is 32.1 Å². The lowest BCUT2D eigenvalue weighted by molar-refractivity contribution is 0.220. The van der Waals surface area contributed by atoms with Gasteiger partial charge in [0.15, 0.2) is 0 Å². The van der Waals surface area contributed by atoms with Gasteiger partial charge in [-0.3, -0.25) is 9.88 Å². The van der Waals surface area contributed by atoms with Crippen LogP contribution >= 0.6 is 0 Å². The first-order valence-corrected chi connectivity index (χ1v) is 7.19. The molecule has 1 N–H and O–H groups in total. The molecule has 0 saturated carbocycles. The molecule has 1 aromatic heterocycles. The number of aliphatic hydroxyl groups excluding tert-OH is 1. The van der Waals surface area contributed by atoms with E-state index in [9.17, 15) is 5.11 Å². The van der Waals surface area contributed by atoms with Crippen molar-refractivity contribution >= 4 is 0 Å². The highest BCUT2D eigenvalue weighted by Crippen LogP contribution is 2.21. The molecule has 2 aromatic rings. The van der Waals surface area contributed by atoms with Gasteiger partial charge in [0.05, 0.1) is 6.20 Å². The third kappa shape index (κ3) is 3.77. The summed E-state index contributed by atoms with van der Waals surface area (Å²) < 4.78 is 5.62. The first kappa shape index (κ1) is 14.0. The Hall–Kier alpha value is -1.98. The standard InChI is InChI=1S/C16H19N3O2/c20-12-14-5-8-19(11-14)10-13-1-3-15(4-2-13)21-16-9-17-6-7-18-16/h1-4,6-7,9,14,20H,5,8,10-12H2. The summed E-state index contributed by atoms with van der Waals surface area (Å²) in [6.07, 6.45) is 5.90. The van der Waals surface area contributed by atoms with E-state index in [1.165, 1.54) is 5.56 Å². The van der Waals surface area contributed by atoms with Crippen LogP contribution in [0, 0.1) is 5.92 Å². The lowest BCUT2D eigenvalue weighted by atomic mass is 10.1. The van der Waals surface area contributed by atoms with Crippen molar-refractivity contribution in [2.45, 2.75) is 13.0 Å². The second-order valence-corrected chi connectivity index (χ2v) is 5.36. The van der Waals surface area contributed by atoms with Crippen molar-refractivity contribution in [3.8, 4) is 11.6 Å². The molecule has 1 unspecified atom stereocenters. The van der Waals surface area contributed by atoms with Crippen molar-refractivity contribution < 1.29 is 9.84 Å². The molecule has 21 heavy (non-hydrogen) atoms. The van der Waals surface area contributed by atoms with Crippen LogP contribution in [-0.2, 0) is 6.54 Å². The molecule has 0 amide bonds. The predicted octanol–water partition coefficient (Wildman–Crippen LogP) is 2.08. The first-order chi connectivity index (χ1) is 10.3. The summed E-state index contributed by atoms with van der Waals surface area (Å²) in [5, 5.41) is 9.17. The van der Waals surface area contributed by atoms with E-state index in [0.717, 1.165) is 31.8 Å². The molecule has 1 saturated heterocycles. The second kappa shape index (κ2) is 6.65. The van der Waals surface area contributed by atoms with Gasteiger partial charge in [-0.25, -0.2) is 4.98 Å². The quantitative estimate of drug-likeness (QED) is 0.911. The maximum atomic E-state index is 9.17. The Bertz CT molecular complexity index is 559.